The summed E-state index contributed by atoms with van der Waals surface area (Å²) in [5, 5.41) is 2.02. The highest BCUT2D eigenvalue weighted by Gasteiger charge is 2.35. The quantitative estimate of drug-likeness (QED) is 0.0961. The summed E-state index contributed by atoms with van der Waals surface area (Å²) in [5.74, 6) is 3.55. The summed E-state index contributed by atoms with van der Waals surface area (Å²) in [7, 11) is -3.34. The lowest BCUT2D eigenvalue weighted by Gasteiger charge is -2.32. The Morgan fingerprint density at radius 3 is 0.561 bits per heavy atom. The molecule has 0 fully saturated rings. The lowest BCUT2D eigenvalue weighted by molar-refractivity contribution is 0.463. The normalized spacial score (nSPS) is 13.3. The Balaban J connectivity index is 1.51. The molecule has 0 aliphatic carbocycles. The van der Waals surface area contributed by atoms with Gasteiger partial charge < -0.3 is 18.1 Å². The minimum absolute atomic E-state index is 0.0200. The van der Waals surface area contributed by atoms with Gasteiger partial charge in [-0.05, 0) is 173 Å². The van der Waals surface area contributed by atoms with Gasteiger partial charge in [0.1, 0.15) is 23.0 Å². The summed E-state index contributed by atoms with van der Waals surface area (Å²) < 4.78 is 29.8. The highest BCUT2D eigenvalue weighted by atomic mass is 31.2. The molecule has 0 aliphatic heterocycles. The summed E-state index contributed by atoms with van der Waals surface area (Å²) in [6, 6.07) is 36.7. The second kappa shape index (κ2) is 24.4. The van der Waals surface area contributed by atoms with Crippen molar-refractivity contribution in [3.8, 4) is 34.1 Å². The predicted molar refractivity (Wildman–Crippen MR) is 360 cm³/mol. The minimum Gasteiger partial charge on any atom is -0.435 e. The minimum atomic E-state index is -1.67. The van der Waals surface area contributed by atoms with Crippen molar-refractivity contribution in [3.63, 3.8) is 0 Å². The van der Waals surface area contributed by atoms with Crippen LogP contribution in [-0.4, -0.2) is 0 Å². The maximum atomic E-state index is 7.45. The van der Waals surface area contributed by atoms with Crippen molar-refractivity contribution >= 4 is 27.4 Å². The average molecular weight is 1150 g/mol. The molecule has 0 saturated heterocycles. The number of aryl methyl sites for hydroxylation is 4. The zero-order chi connectivity index (χ0) is 61.7. The van der Waals surface area contributed by atoms with Gasteiger partial charge in [0.05, 0.1) is 10.6 Å². The van der Waals surface area contributed by atoms with Crippen LogP contribution in [0.4, 0.5) is 0 Å². The molecular formula is C76H108O4P2. The summed E-state index contributed by atoms with van der Waals surface area (Å²) in [4.78, 5) is 0. The van der Waals surface area contributed by atoms with Crippen LogP contribution < -0.4 is 28.7 Å². The molecule has 6 heteroatoms. The maximum Gasteiger partial charge on any atom is 0.326 e. The van der Waals surface area contributed by atoms with Gasteiger partial charge in [0.15, 0.2) is 0 Å². The van der Waals surface area contributed by atoms with Crippen molar-refractivity contribution in [1.82, 2.24) is 0 Å². The fourth-order valence-corrected chi connectivity index (χ4v) is 13.9. The molecule has 6 aromatic carbocycles. The Kier molecular flexibility index (Phi) is 19.8. The third-order valence-electron chi connectivity index (χ3n) is 16.0. The highest BCUT2D eigenvalue weighted by Crippen LogP contribution is 2.51. The van der Waals surface area contributed by atoms with Gasteiger partial charge in [-0.15, -0.1) is 0 Å². The molecule has 0 aliphatic rings. The van der Waals surface area contributed by atoms with Crippen molar-refractivity contribution in [2.45, 2.75) is 263 Å². The van der Waals surface area contributed by atoms with Gasteiger partial charge >= 0.3 is 16.8 Å². The molecule has 6 rings (SSSR count). The Labute approximate surface area is 503 Å². The Morgan fingerprint density at radius 2 is 0.415 bits per heavy atom. The standard InChI is InChI=1S/C76H108O4P2/c1-29-49-41-65(61(73(17,18)19)45-57(49)69(5,6)7)77-81(78-66-42-50(30-2)58(70(8,9)10)46-62(66)74(20,21)22)55-37-33-53(34-38-55)54-35-39-56(40-36-54)82(79-67-43-51(31-3)59(71(11,12)13)47-63(67)75(23,24)25)80-68-44-52(32-4)60(72(14,15)16)48-64(68)76(26,27)28/h33-48H,29-32H2,1-28H3. The Hall–Kier alpha value is -4.62. The first-order valence-corrected chi connectivity index (χ1v) is 33.1. The highest BCUT2D eigenvalue weighted by molar-refractivity contribution is 7.57. The molecule has 82 heavy (non-hydrogen) atoms. The molecule has 0 spiro atoms. The predicted octanol–water partition coefficient (Wildman–Crippen LogP) is 22.2. The van der Waals surface area contributed by atoms with Crippen LogP contribution in [0.2, 0.25) is 0 Å². The molecular weight excluding hydrogens is 1040 g/mol. The molecule has 446 valence electrons. The zero-order valence-electron chi connectivity index (χ0n) is 56.6. The second-order valence-electron chi connectivity index (χ2n) is 31.4. The first-order valence-electron chi connectivity index (χ1n) is 30.7. The third kappa shape index (κ3) is 15.6. The van der Waals surface area contributed by atoms with Crippen molar-refractivity contribution in [1.29, 1.82) is 0 Å². The molecule has 0 amide bonds. The van der Waals surface area contributed by atoms with E-state index in [4.69, 9.17) is 18.1 Å². The smallest absolute Gasteiger partial charge is 0.326 e. The summed E-state index contributed by atoms with van der Waals surface area (Å²) >= 11 is 0. The topological polar surface area (TPSA) is 36.9 Å². The van der Waals surface area contributed by atoms with E-state index in [1.54, 1.807) is 0 Å². The van der Waals surface area contributed by atoms with Gasteiger partial charge in [0, 0.05) is 22.3 Å². The number of benzene rings is 6. The van der Waals surface area contributed by atoms with Crippen LogP contribution in [0.5, 0.6) is 23.0 Å². The zero-order valence-corrected chi connectivity index (χ0v) is 58.4. The van der Waals surface area contributed by atoms with Gasteiger partial charge in [-0.3, -0.25) is 0 Å². The first kappa shape index (κ1) is 66.5. The molecule has 0 bridgehead atoms. The first-order chi connectivity index (χ1) is 37.5. The van der Waals surface area contributed by atoms with Crippen molar-refractivity contribution in [2.75, 3.05) is 0 Å². The summed E-state index contributed by atoms with van der Waals surface area (Å²) in [6.45, 7) is 64.3. The van der Waals surface area contributed by atoms with Crippen LogP contribution in [0.15, 0.2) is 97.1 Å². The van der Waals surface area contributed by atoms with Gasteiger partial charge in [-0.1, -0.05) is 242 Å². The molecule has 0 unspecified atom stereocenters. The van der Waals surface area contributed by atoms with Gasteiger partial charge in [-0.25, -0.2) is 0 Å². The van der Waals surface area contributed by atoms with E-state index in [1.165, 1.54) is 66.8 Å². The monoisotopic (exact) mass is 1150 g/mol. The van der Waals surface area contributed by atoms with Gasteiger partial charge in [0.2, 0.25) is 0 Å². The van der Waals surface area contributed by atoms with Crippen LogP contribution in [-0.2, 0) is 69.0 Å². The summed E-state index contributed by atoms with van der Waals surface area (Å²) in [6.07, 6.45) is 3.64. The van der Waals surface area contributed by atoms with Gasteiger partial charge in [0.25, 0.3) is 0 Å². The molecule has 6 aromatic rings. The van der Waals surface area contributed by atoms with Crippen LogP contribution >= 0.6 is 16.8 Å². The van der Waals surface area contributed by atoms with E-state index in [-0.39, 0.29) is 43.3 Å². The largest absolute Gasteiger partial charge is 0.435 e. The maximum absolute atomic E-state index is 7.45. The van der Waals surface area contributed by atoms with Crippen molar-refractivity contribution < 1.29 is 18.1 Å². The van der Waals surface area contributed by atoms with E-state index >= 15 is 0 Å². The fourth-order valence-electron chi connectivity index (χ4n) is 11.3. The van der Waals surface area contributed by atoms with Crippen molar-refractivity contribution in [2.24, 2.45) is 0 Å². The second-order valence-corrected chi connectivity index (χ2v) is 34.2. The molecule has 0 radical (unpaired) electrons. The van der Waals surface area contributed by atoms with E-state index in [1.807, 2.05) is 0 Å². The molecule has 0 saturated carbocycles. The van der Waals surface area contributed by atoms with E-state index < -0.39 is 16.8 Å². The molecule has 0 N–H and O–H groups in total. The van der Waals surface area contributed by atoms with E-state index in [9.17, 15) is 0 Å². The van der Waals surface area contributed by atoms with Crippen LogP contribution in [0, 0.1) is 0 Å². The van der Waals surface area contributed by atoms with E-state index in [0.717, 1.165) is 70.4 Å². The Morgan fingerprint density at radius 1 is 0.244 bits per heavy atom. The lowest BCUT2D eigenvalue weighted by Crippen LogP contribution is -2.21. The van der Waals surface area contributed by atoms with Crippen LogP contribution in [0.3, 0.4) is 0 Å². The molecule has 0 atom stereocenters. The molecule has 0 heterocycles. The van der Waals surface area contributed by atoms with E-state index in [2.05, 4.69) is 291 Å². The van der Waals surface area contributed by atoms with Crippen LogP contribution in [0.25, 0.3) is 11.1 Å². The molecule has 4 nitrogen and oxygen atoms in total. The van der Waals surface area contributed by atoms with Gasteiger partial charge in [-0.2, -0.15) is 0 Å². The SMILES string of the molecule is CCc1cc(OP(Oc2cc(CC)c(C(C)(C)C)cc2C(C)(C)C)c2ccc(-c3ccc(P(Oc4cc(CC)c(C(C)(C)C)cc4C(C)(C)C)Oc4cc(CC)c(C(C)(C)C)cc4C(C)(C)C)cc3)cc2)c(C(C)(C)C)cc1C(C)(C)C. The third-order valence-corrected chi connectivity index (χ3v) is 18.9. The number of hydrogen-bond acceptors (Lipinski definition) is 4. The number of rotatable bonds is 15. The molecule has 0 aromatic heterocycles. The average Bonchev–Trinajstić information content (AvgIpc) is 3.46. The van der Waals surface area contributed by atoms with E-state index in [0.29, 0.717) is 0 Å². The summed E-state index contributed by atoms with van der Waals surface area (Å²) in [5.41, 5.74) is 16.9. The lowest BCUT2D eigenvalue weighted by atomic mass is 9.77. The fraction of sp³-hybridized carbons (Fsp3) is 0.526. The van der Waals surface area contributed by atoms with Crippen molar-refractivity contribution in [3.05, 3.63) is 164 Å². The Bertz CT molecular complexity index is 2790. The van der Waals surface area contributed by atoms with Crippen LogP contribution in [0.1, 0.15) is 261 Å². The number of hydrogen-bond donors (Lipinski definition) is 0.